The van der Waals surface area contributed by atoms with Crippen LogP contribution in [0, 0.1) is 11.7 Å². The molecule has 0 spiro atoms. The Morgan fingerprint density at radius 1 is 1.41 bits per heavy atom. The molecular formula is C15H15F2N3O2. The number of hydrogen-bond acceptors (Lipinski definition) is 4. The fraction of sp³-hybridized carbons (Fsp3) is 0.400. The van der Waals surface area contributed by atoms with Crippen molar-refractivity contribution in [2.75, 3.05) is 0 Å². The molecule has 2 aromatic rings. The number of halogens is 2. The molecule has 1 aliphatic rings. The van der Waals surface area contributed by atoms with E-state index in [4.69, 9.17) is 4.52 Å². The second-order valence-electron chi connectivity index (χ2n) is 5.35. The molecular weight excluding hydrogens is 292 g/mol. The first-order chi connectivity index (χ1) is 10.6. The minimum absolute atomic E-state index is 0.102. The normalized spacial score (nSPS) is 21.0. The van der Waals surface area contributed by atoms with Gasteiger partial charge in [-0.3, -0.25) is 4.79 Å². The third kappa shape index (κ3) is 3.29. The SMILES string of the molecule is O=C(NCc1noc(-c2cccc(F)c2)n1)C1CCC(F)C1. The topological polar surface area (TPSA) is 68.0 Å². The van der Waals surface area contributed by atoms with Gasteiger partial charge in [0.25, 0.3) is 5.89 Å². The summed E-state index contributed by atoms with van der Waals surface area (Å²) in [5, 5.41) is 6.41. The zero-order valence-corrected chi connectivity index (χ0v) is 11.8. The van der Waals surface area contributed by atoms with Crippen molar-refractivity contribution in [1.82, 2.24) is 15.5 Å². The van der Waals surface area contributed by atoms with E-state index in [-0.39, 0.29) is 30.7 Å². The predicted octanol–water partition coefficient (Wildman–Crippen LogP) is 2.63. The van der Waals surface area contributed by atoms with Crippen molar-refractivity contribution >= 4 is 5.91 Å². The van der Waals surface area contributed by atoms with Gasteiger partial charge in [-0.1, -0.05) is 11.2 Å². The average molecular weight is 307 g/mol. The van der Waals surface area contributed by atoms with E-state index in [1.54, 1.807) is 12.1 Å². The number of hydrogen-bond donors (Lipinski definition) is 1. The molecule has 1 aromatic carbocycles. The summed E-state index contributed by atoms with van der Waals surface area (Å²) < 4.78 is 31.3. The molecule has 22 heavy (non-hydrogen) atoms. The van der Waals surface area contributed by atoms with E-state index in [9.17, 15) is 13.6 Å². The molecule has 2 unspecified atom stereocenters. The number of rotatable bonds is 4. The van der Waals surface area contributed by atoms with E-state index in [1.807, 2.05) is 0 Å². The highest BCUT2D eigenvalue weighted by Crippen LogP contribution is 2.27. The lowest BCUT2D eigenvalue weighted by molar-refractivity contribution is -0.125. The van der Waals surface area contributed by atoms with Gasteiger partial charge in [-0.15, -0.1) is 0 Å². The van der Waals surface area contributed by atoms with Crippen molar-refractivity contribution in [1.29, 1.82) is 0 Å². The fourth-order valence-electron chi connectivity index (χ4n) is 2.54. The maximum atomic E-state index is 13.1. The number of amides is 1. The van der Waals surface area contributed by atoms with Crippen molar-refractivity contribution in [2.24, 2.45) is 5.92 Å². The van der Waals surface area contributed by atoms with Gasteiger partial charge < -0.3 is 9.84 Å². The quantitative estimate of drug-likeness (QED) is 0.943. The van der Waals surface area contributed by atoms with E-state index in [0.29, 0.717) is 24.2 Å². The van der Waals surface area contributed by atoms with Gasteiger partial charge in [0.1, 0.15) is 12.0 Å². The van der Waals surface area contributed by atoms with Gasteiger partial charge in [-0.05, 0) is 37.5 Å². The Morgan fingerprint density at radius 3 is 3.00 bits per heavy atom. The zero-order chi connectivity index (χ0) is 15.5. The van der Waals surface area contributed by atoms with Crippen molar-refractivity contribution in [3.05, 3.63) is 35.9 Å². The van der Waals surface area contributed by atoms with Crippen LogP contribution >= 0.6 is 0 Å². The van der Waals surface area contributed by atoms with Gasteiger partial charge in [-0.25, -0.2) is 8.78 Å². The van der Waals surface area contributed by atoms with E-state index >= 15 is 0 Å². The molecule has 1 fully saturated rings. The van der Waals surface area contributed by atoms with Gasteiger partial charge in [0.15, 0.2) is 5.82 Å². The van der Waals surface area contributed by atoms with E-state index < -0.39 is 12.0 Å². The first-order valence-corrected chi connectivity index (χ1v) is 7.12. The number of nitrogens with zero attached hydrogens (tertiary/aromatic N) is 2. The van der Waals surface area contributed by atoms with E-state index in [0.717, 1.165) is 0 Å². The highest BCUT2D eigenvalue weighted by atomic mass is 19.1. The number of carbonyl (C=O) groups is 1. The number of aromatic nitrogens is 2. The molecule has 116 valence electrons. The summed E-state index contributed by atoms with van der Waals surface area (Å²) in [5.41, 5.74) is 0.473. The van der Waals surface area contributed by atoms with Gasteiger partial charge >= 0.3 is 0 Å². The van der Waals surface area contributed by atoms with Crippen LogP contribution in [0.4, 0.5) is 8.78 Å². The molecule has 2 atom stereocenters. The first kappa shape index (κ1) is 14.6. The van der Waals surface area contributed by atoms with Crippen LogP contribution in [0.5, 0.6) is 0 Å². The monoisotopic (exact) mass is 307 g/mol. The molecule has 1 amide bonds. The molecule has 5 nitrogen and oxygen atoms in total. The molecule has 1 heterocycles. The van der Waals surface area contributed by atoms with Crippen LogP contribution < -0.4 is 5.32 Å². The van der Waals surface area contributed by atoms with Crippen molar-refractivity contribution < 1.29 is 18.1 Å². The molecule has 1 aliphatic carbocycles. The van der Waals surface area contributed by atoms with Gasteiger partial charge in [0, 0.05) is 11.5 Å². The molecule has 0 aliphatic heterocycles. The lowest BCUT2D eigenvalue weighted by Gasteiger charge is -2.08. The summed E-state index contributed by atoms with van der Waals surface area (Å²) in [6, 6.07) is 5.80. The molecule has 1 aromatic heterocycles. The molecule has 1 saturated carbocycles. The second-order valence-corrected chi connectivity index (χ2v) is 5.35. The Labute approximate surface area is 125 Å². The number of carbonyl (C=O) groups excluding carboxylic acids is 1. The van der Waals surface area contributed by atoms with Crippen LogP contribution in [0.25, 0.3) is 11.5 Å². The van der Waals surface area contributed by atoms with Crippen LogP contribution in [-0.4, -0.2) is 22.2 Å². The Morgan fingerprint density at radius 2 is 2.27 bits per heavy atom. The molecule has 3 rings (SSSR count). The fourth-order valence-corrected chi connectivity index (χ4v) is 2.54. The van der Waals surface area contributed by atoms with E-state index in [2.05, 4.69) is 15.5 Å². The van der Waals surface area contributed by atoms with Crippen molar-refractivity contribution in [3.8, 4) is 11.5 Å². The summed E-state index contributed by atoms with van der Waals surface area (Å²) in [6.45, 7) is 0.102. The largest absolute Gasteiger partial charge is 0.348 e. The Kier molecular flexibility index (Phi) is 4.13. The Bertz CT molecular complexity index is 674. The zero-order valence-electron chi connectivity index (χ0n) is 11.8. The lowest BCUT2D eigenvalue weighted by Crippen LogP contribution is -2.29. The van der Waals surface area contributed by atoms with Crippen molar-refractivity contribution in [2.45, 2.75) is 32.0 Å². The lowest BCUT2D eigenvalue weighted by atomic mass is 10.1. The van der Waals surface area contributed by atoms with Gasteiger partial charge in [0.2, 0.25) is 5.91 Å². The van der Waals surface area contributed by atoms with Gasteiger partial charge in [0.05, 0.1) is 6.54 Å². The van der Waals surface area contributed by atoms with Gasteiger partial charge in [-0.2, -0.15) is 4.98 Å². The summed E-state index contributed by atoms with van der Waals surface area (Å²) in [6.07, 6.45) is 0.380. The van der Waals surface area contributed by atoms with Crippen LogP contribution in [0.2, 0.25) is 0 Å². The Hall–Kier alpha value is -2.31. The van der Waals surface area contributed by atoms with E-state index in [1.165, 1.54) is 12.1 Å². The molecule has 0 bridgehead atoms. The predicted molar refractivity (Wildman–Crippen MR) is 73.8 cm³/mol. The van der Waals surface area contributed by atoms with Crippen LogP contribution in [0.3, 0.4) is 0 Å². The highest BCUT2D eigenvalue weighted by molar-refractivity contribution is 5.78. The number of alkyl halides is 1. The summed E-state index contributed by atoms with van der Waals surface area (Å²) in [7, 11) is 0. The first-order valence-electron chi connectivity index (χ1n) is 7.12. The number of benzene rings is 1. The van der Waals surface area contributed by atoms with Crippen LogP contribution in [0.1, 0.15) is 25.1 Å². The Balaban J connectivity index is 1.59. The molecule has 0 radical (unpaired) electrons. The smallest absolute Gasteiger partial charge is 0.258 e. The van der Waals surface area contributed by atoms with Crippen molar-refractivity contribution in [3.63, 3.8) is 0 Å². The minimum atomic E-state index is -0.888. The molecule has 7 heteroatoms. The maximum absolute atomic E-state index is 13.1. The second kappa shape index (κ2) is 6.21. The average Bonchev–Trinajstić information content (AvgIpc) is 3.14. The highest BCUT2D eigenvalue weighted by Gasteiger charge is 2.29. The third-order valence-electron chi connectivity index (χ3n) is 3.70. The summed E-state index contributed by atoms with van der Waals surface area (Å²) in [4.78, 5) is 16.0. The minimum Gasteiger partial charge on any atom is -0.348 e. The molecule has 1 N–H and O–H groups in total. The standard InChI is InChI=1S/C15H15F2N3O2/c16-11-3-1-2-10(7-11)15-19-13(20-22-15)8-18-14(21)9-4-5-12(17)6-9/h1-3,7,9,12H,4-6,8H2,(H,18,21). The summed E-state index contributed by atoms with van der Waals surface area (Å²) >= 11 is 0. The van der Waals surface area contributed by atoms with Crippen LogP contribution in [0.15, 0.2) is 28.8 Å². The third-order valence-corrected chi connectivity index (χ3v) is 3.70. The summed E-state index contributed by atoms with van der Waals surface area (Å²) in [5.74, 6) is -0.398. The maximum Gasteiger partial charge on any atom is 0.258 e. The number of nitrogens with one attached hydrogen (secondary N) is 1. The van der Waals surface area contributed by atoms with Crippen LogP contribution in [-0.2, 0) is 11.3 Å². The molecule has 0 saturated heterocycles.